The SMILES string of the molecule is CC1CN(C)CC(CCN)N(C)C1. The second-order valence-electron chi connectivity index (χ2n) is 4.50. The van der Waals surface area contributed by atoms with Gasteiger partial charge in [-0.2, -0.15) is 0 Å². The van der Waals surface area contributed by atoms with Gasteiger partial charge in [-0.25, -0.2) is 0 Å². The van der Waals surface area contributed by atoms with Gasteiger partial charge >= 0.3 is 0 Å². The summed E-state index contributed by atoms with van der Waals surface area (Å²) in [5.41, 5.74) is 5.61. The van der Waals surface area contributed by atoms with Crippen molar-refractivity contribution in [2.45, 2.75) is 19.4 Å². The molecule has 0 spiro atoms. The molecule has 1 saturated heterocycles. The van der Waals surface area contributed by atoms with Crippen LogP contribution in [0.2, 0.25) is 0 Å². The Morgan fingerprint density at radius 1 is 1.23 bits per heavy atom. The summed E-state index contributed by atoms with van der Waals surface area (Å²) >= 11 is 0. The fraction of sp³-hybridized carbons (Fsp3) is 1.00. The van der Waals surface area contributed by atoms with Crippen LogP contribution in [0.4, 0.5) is 0 Å². The lowest BCUT2D eigenvalue weighted by molar-refractivity contribution is 0.213. The molecule has 78 valence electrons. The standard InChI is InChI=1S/C10H23N3/c1-9-6-12(2)8-10(4-5-11)13(3)7-9/h9-10H,4-8,11H2,1-3H3. The number of hydrogen-bond donors (Lipinski definition) is 1. The molecule has 1 aliphatic rings. The van der Waals surface area contributed by atoms with Crippen LogP contribution in [0.3, 0.4) is 0 Å². The van der Waals surface area contributed by atoms with Crippen LogP contribution in [-0.2, 0) is 0 Å². The summed E-state index contributed by atoms with van der Waals surface area (Å²) in [6, 6.07) is 0.653. The monoisotopic (exact) mass is 185 g/mol. The van der Waals surface area contributed by atoms with Crippen LogP contribution in [0.5, 0.6) is 0 Å². The number of hydrogen-bond acceptors (Lipinski definition) is 3. The molecule has 2 atom stereocenters. The molecule has 0 aliphatic carbocycles. The lowest BCUT2D eigenvalue weighted by Crippen LogP contribution is -2.39. The topological polar surface area (TPSA) is 32.5 Å². The molecule has 1 fully saturated rings. The van der Waals surface area contributed by atoms with Crippen LogP contribution in [0, 0.1) is 5.92 Å². The minimum Gasteiger partial charge on any atom is -0.330 e. The van der Waals surface area contributed by atoms with E-state index in [1.807, 2.05) is 0 Å². The summed E-state index contributed by atoms with van der Waals surface area (Å²) < 4.78 is 0. The molecular weight excluding hydrogens is 162 g/mol. The van der Waals surface area contributed by atoms with E-state index in [4.69, 9.17) is 5.73 Å². The maximum Gasteiger partial charge on any atom is 0.0232 e. The normalized spacial score (nSPS) is 33.2. The molecule has 2 unspecified atom stereocenters. The van der Waals surface area contributed by atoms with Crippen LogP contribution < -0.4 is 5.73 Å². The van der Waals surface area contributed by atoms with Gasteiger partial charge in [0.25, 0.3) is 0 Å². The first-order valence-corrected chi connectivity index (χ1v) is 5.22. The zero-order valence-corrected chi connectivity index (χ0v) is 9.16. The second kappa shape index (κ2) is 4.94. The highest BCUT2D eigenvalue weighted by Crippen LogP contribution is 2.12. The third kappa shape index (κ3) is 3.25. The van der Waals surface area contributed by atoms with Gasteiger partial charge in [-0.05, 0) is 33.0 Å². The predicted molar refractivity (Wildman–Crippen MR) is 56.8 cm³/mol. The fourth-order valence-corrected chi connectivity index (χ4v) is 2.31. The van der Waals surface area contributed by atoms with Crippen LogP contribution in [0.25, 0.3) is 0 Å². The van der Waals surface area contributed by atoms with Crippen LogP contribution >= 0.6 is 0 Å². The Bertz CT molecular complexity index is 149. The Labute approximate surface area is 81.9 Å². The molecule has 1 aliphatic heterocycles. The van der Waals surface area contributed by atoms with Gasteiger partial charge in [0.05, 0.1) is 0 Å². The van der Waals surface area contributed by atoms with Crippen molar-refractivity contribution in [3.05, 3.63) is 0 Å². The molecule has 0 bridgehead atoms. The maximum absolute atomic E-state index is 5.61. The van der Waals surface area contributed by atoms with Gasteiger partial charge in [0.2, 0.25) is 0 Å². The Balaban J connectivity index is 2.52. The molecule has 0 radical (unpaired) electrons. The van der Waals surface area contributed by atoms with Gasteiger partial charge in [-0.1, -0.05) is 6.92 Å². The van der Waals surface area contributed by atoms with Crippen molar-refractivity contribution in [2.75, 3.05) is 40.3 Å². The van der Waals surface area contributed by atoms with Crippen molar-refractivity contribution in [3.8, 4) is 0 Å². The first kappa shape index (κ1) is 11.0. The maximum atomic E-state index is 5.61. The summed E-state index contributed by atoms with van der Waals surface area (Å²) in [7, 11) is 4.43. The third-order valence-electron chi connectivity index (χ3n) is 2.87. The van der Waals surface area contributed by atoms with Crippen molar-refractivity contribution >= 4 is 0 Å². The van der Waals surface area contributed by atoms with E-state index in [9.17, 15) is 0 Å². The average molecular weight is 185 g/mol. The van der Waals surface area contributed by atoms with E-state index in [1.54, 1.807) is 0 Å². The molecule has 0 aromatic heterocycles. The van der Waals surface area contributed by atoms with Crippen molar-refractivity contribution in [3.63, 3.8) is 0 Å². The van der Waals surface area contributed by atoms with E-state index in [0.717, 1.165) is 25.4 Å². The summed E-state index contributed by atoms with van der Waals surface area (Å²) in [5, 5.41) is 0. The van der Waals surface area contributed by atoms with E-state index in [1.165, 1.54) is 13.1 Å². The summed E-state index contributed by atoms with van der Waals surface area (Å²) in [6.07, 6.45) is 1.12. The lowest BCUT2D eigenvalue weighted by atomic mass is 10.1. The van der Waals surface area contributed by atoms with Gasteiger partial charge in [-0.3, -0.25) is 0 Å². The highest BCUT2D eigenvalue weighted by molar-refractivity contribution is 4.79. The third-order valence-corrected chi connectivity index (χ3v) is 2.87. The first-order valence-electron chi connectivity index (χ1n) is 5.22. The number of nitrogens with two attached hydrogens (primary N) is 1. The lowest BCUT2D eigenvalue weighted by Gasteiger charge is -2.27. The zero-order valence-electron chi connectivity index (χ0n) is 9.16. The van der Waals surface area contributed by atoms with Crippen molar-refractivity contribution in [2.24, 2.45) is 11.7 Å². The second-order valence-corrected chi connectivity index (χ2v) is 4.50. The molecule has 0 saturated carbocycles. The molecule has 0 amide bonds. The van der Waals surface area contributed by atoms with Crippen LogP contribution in [0.1, 0.15) is 13.3 Å². The van der Waals surface area contributed by atoms with Crippen LogP contribution in [0.15, 0.2) is 0 Å². The Kier molecular flexibility index (Phi) is 4.16. The largest absolute Gasteiger partial charge is 0.330 e. The Hall–Kier alpha value is -0.120. The van der Waals surface area contributed by atoms with E-state index in [0.29, 0.717) is 6.04 Å². The smallest absolute Gasteiger partial charge is 0.0232 e. The molecular formula is C10H23N3. The molecule has 1 heterocycles. The quantitative estimate of drug-likeness (QED) is 0.668. The molecule has 1 rings (SSSR count). The van der Waals surface area contributed by atoms with E-state index < -0.39 is 0 Å². The fourth-order valence-electron chi connectivity index (χ4n) is 2.31. The summed E-state index contributed by atoms with van der Waals surface area (Å²) in [5.74, 6) is 0.776. The molecule has 3 nitrogen and oxygen atoms in total. The summed E-state index contributed by atoms with van der Waals surface area (Å²) in [4.78, 5) is 4.88. The highest BCUT2D eigenvalue weighted by atomic mass is 15.2. The Morgan fingerprint density at radius 3 is 2.54 bits per heavy atom. The zero-order chi connectivity index (χ0) is 9.84. The van der Waals surface area contributed by atoms with Crippen molar-refractivity contribution in [1.82, 2.24) is 9.80 Å². The Morgan fingerprint density at radius 2 is 1.92 bits per heavy atom. The predicted octanol–water partition coefficient (Wildman–Crippen LogP) is 0.217. The molecule has 3 heteroatoms. The molecule has 2 N–H and O–H groups in total. The van der Waals surface area contributed by atoms with Gasteiger partial charge in [0.1, 0.15) is 0 Å². The van der Waals surface area contributed by atoms with E-state index in [2.05, 4.69) is 30.8 Å². The summed E-state index contributed by atoms with van der Waals surface area (Å²) in [6.45, 7) is 6.70. The van der Waals surface area contributed by atoms with Gasteiger partial charge in [0.15, 0.2) is 0 Å². The highest BCUT2D eigenvalue weighted by Gasteiger charge is 2.22. The number of rotatable bonds is 2. The molecule has 13 heavy (non-hydrogen) atoms. The van der Waals surface area contributed by atoms with Gasteiger partial charge in [0, 0.05) is 25.7 Å². The van der Waals surface area contributed by atoms with Gasteiger partial charge in [-0.15, -0.1) is 0 Å². The van der Waals surface area contributed by atoms with E-state index >= 15 is 0 Å². The van der Waals surface area contributed by atoms with E-state index in [-0.39, 0.29) is 0 Å². The molecule has 0 aromatic carbocycles. The first-order chi connectivity index (χ1) is 6.13. The molecule has 0 aromatic rings. The van der Waals surface area contributed by atoms with Crippen molar-refractivity contribution in [1.29, 1.82) is 0 Å². The minimum absolute atomic E-state index is 0.653. The number of likely N-dealkylation sites (N-methyl/N-ethyl adjacent to an activating group) is 2. The van der Waals surface area contributed by atoms with Crippen molar-refractivity contribution < 1.29 is 0 Å². The van der Waals surface area contributed by atoms with Crippen LogP contribution in [-0.4, -0.2) is 56.1 Å². The number of nitrogens with zero attached hydrogens (tertiary/aromatic N) is 2. The van der Waals surface area contributed by atoms with Gasteiger partial charge < -0.3 is 15.5 Å². The minimum atomic E-state index is 0.653. The average Bonchev–Trinajstić information content (AvgIpc) is 2.12.